The Hall–Kier alpha value is -0.380. The molecular weight excluding hydrogens is 168 g/mol. The van der Waals surface area contributed by atoms with Crippen molar-refractivity contribution in [3.05, 3.63) is 12.2 Å². The number of aliphatic hydroxyl groups excluding tert-OH is 1. The number of hydrogen-bond acceptors (Lipinski definition) is 3. The van der Waals surface area contributed by atoms with E-state index in [2.05, 4.69) is 12.2 Å². The Balaban J connectivity index is 1.91. The first-order valence-corrected chi connectivity index (χ1v) is 4.93. The summed E-state index contributed by atoms with van der Waals surface area (Å²) in [6.45, 7) is 1.65. The summed E-state index contributed by atoms with van der Waals surface area (Å²) >= 11 is 0. The van der Waals surface area contributed by atoms with Crippen molar-refractivity contribution in [3.8, 4) is 0 Å². The molecular formula is C10H14O3. The van der Waals surface area contributed by atoms with Crippen molar-refractivity contribution in [1.82, 2.24) is 0 Å². The van der Waals surface area contributed by atoms with Crippen molar-refractivity contribution >= 4 is 0 Å². The summed E-state index contributed by atoms with van der Waals surface area (Å²) in [5.41, 5.74) is 0. The molecule has 0 amide bonds. The largest absolute Gasteiger partial charge is 0.396 e. The van der Waals surface area contributed by atoms with Gasteiger partial charge in [0.05, 0.1) is 13.2 Å². The molecule has 3 atom stereocenters. The van der Waals surface area contributed by atoms with E-state index >= 15 is 0 Å². The first-order valence-electron chi connectivity index (χ1n) is 4.93. The van der Waals surface area contributed by atoms with E-state index in [-0.39, 0.29) is 18.3 Å². The molecule has 1 saturated carbocycles. The van der Waals surface area contributed by atoms with Gasteiger partial charge in [0.2, 0.25) is 0 Å². The standard InChI is InChI=1S/C10H14O3/c11-6-8-7-1-2-9(8)10(5-7)12-3-4-13-10/h1-2,7-9,11H,3-6H2/t7-,8-,9-/m1/s1. The Labute approximate surface area is 77.3 Å². The van der Waals surface area contributed by atoms with Crippen LogP contribution in [0.15, 0.2) is 12.2 Å². The molecule has 1 saturated heterocycles. The number of hydrogen-bond donors (Lipinski definition) is 1. The molecule has 0 aromatic heterocycles. The van der Waals surface area contributed by atoms with Crippen LogP contribution in [-0.2, 0) is 9.47 Å². The number of allylic oxidation sites excluding steroid dienone is 1. The molecule has 0 aromatic rings. The predicted molar refractivity (Wildman–Crippen MR) is 45.9 cm³/mol. The Kier molecular flexibility index (Phi) is 1.57. The van der Waals surface area contributed by atoms with Gasteiger partial charge in [0.25, 0.3) is 0 Å². The second-order valence-corrected chi connectivity index (χ2v) is 4.13. The molecule has 0 aromatic carbocycles. The minimum Gasteiger partial charge on any atom is -0.396 e. The molecule has 2 aliphatic carbocycles. The molecule has 2 bridgehead atoms. The van der Waals surface area contributed by atoms with E-state index in [4.69, 9.17) is 9.47 Å². The lowest BCUT2D eigenvalue weighted by Gasteiger charge is -2.29. The van der Waals surface area contributed by atoms with Crippen molar-refractivity contribution < 1.29 is 14.6 Å². The maximum atomic E-state index is 9.24. The van der Waals surface area contributed by atoms with Gasteiger partial charge in [-0.15, -0.1) is 0 Å². The summed E-state index contributed by atoms with van der Waals surface area (Å²) in [5, 5.41) is 9.24. The fourth-order valence-corrected chi connectivity index (χ4v) is 3.00. The van der Waals surface area contributed by atoms with Gasteiger partial charge < -0.3 is 14.6 Å². The van der Waals surface area contributed by atoms with Gasteiger partial charge in [-0.05, 0) is 11.8 Å². The van der Waals surface area contributed by atoms with Crippen LogP contribution in [0, 0.1) is 17.8 Å². The molecule has 1 heterocycles. The van der Waals surface area contributed by atoms with Gasteiger partial charge in [0.1, 0.15) is 0 Å². The zero-order valence-corrected chi connectivity index (χ0v) is 7.48. The Bertz CT molecular complexity index is 243. The molecule has 3 heteroatoms. The Morgan fingerprint density at radius 2 is 2.08 bits per heavy atom. The summed E-state index contributed by atoms with van der Waals surface area (Å²) < 4.78 is 11.4. The summed E-state index contributed by atoms with van der Waals surface area (Å²) in [4.78, 5) is 0. The van der Waals surface area contributed by atoms with Crippen molar-refractivity contribution in [2.24, 2.45) is 17.8 Å². The maximum Gasteiger partial charge on any atom is 0.175 e. The van der Waals surface area contributed by atoms with E-state index in [1.165, 1.54) is 0 Å². The highest BCUT2D eigenvalue weighted by Crippen LogP contribution is 2.53. The highest BCUT2D eigenvalue weighted by Gasteiger charge is 2.57. The second kappa shape index (κ2) is 2.56. The van der Waals surface area contributed by atoms with Crippen molar-refractivity contribution in [1.29, 1.82) is 0 Å². The zero-order valence-electron chi connectivity index (χ0n) is 7.48. The fourth-order valence-electron chi connectivity index (χ4n) is 3.00. The van der Waals surface area contributed by atoms with Gasteiger partial charge in [-0.3, -0.25) is 0 Å². The van der Waals surface area contributed by atoms with Crippen LogP contribution in [0.1, 0.15) is 6.42 Å². The van der Waals surface area contributed by atoms with Crippen molar-refractivity contribution in [3.63, 3.8) is 0 Å². The molecule has 2 fully saturated rings. The number of rotatable bonds is 1. The van der Waals surface area contributed by atoms with Crippen LogP contribution in [0.25, 0.3) is 0 Å². The highest BCUT2D eigenvalue weighted by atomic mass is 16.7. The molecule has 1 N–H and O–H groups in total. The third-order valence-corrected chi connectivity index (χ3v) is 3.59. The average molecular weight is 182 g/mol. The molecule has 3 aliphatic rings. The topological polar surface area (TPSA) is 38.7 Å². The van der Waals surface area contributed by atoms with Crippen LogP contribution in [0.3, 0.4) is 0 Å². The monoisotopic (exact) mass is 182 g/mol. The van der Waals surface area contributed by atoms with Gasteiger partial charge in [0.15, 0.2) is 5.79 Å². The molecule has 3 nitrogen and oxygen atoms in total. The Morgan fingerprint density at radius 1 is 1.31 bits per heavy atom. The molecule has 1 aliphatic heterocycles. The molecule has 0 unspecified atom stereocenters. The van der Waals surface area contributed by atoms with Crippen LogP contribution >= 0.6 is 0 Å². The first-order chi connectivity index (χ1) is 6.36. The van der Waals surface area contributed by atoms with Gasteiger partial charge in [-0.1, -0.05) is 12.2 Å². The van der Waals surface area contributed by atoms with Crippen LogP contribution in [0.5, 0.6) is 0 Å². The smallest absolute Gasteiger partial charge is 0.175 e. The van der Waals surface area contributed by atoms with Crippen molar-refractivity contribution in [2.45, 2.75) is 12.2 Å². The van der Waals surface area contributed by atoms with E-state index in [0.29, 0.717) is 25.0 Å². The molecule has 13 heavy (non-hydrogen) atoms. The van der Waals surface area contributed by atoms with Gasteiger partial charge >= 0.3 is 0 Å². The lowest BCUT2D eigenvalue weighted by Crippen LogP contribution is -2.36. The Morgan fingerprint density at radius 3 is 2.69 bits per heavy atom. The van der Waals surface area contributed by atoms with E-state index in [0.717, 1.165) is 6.42 Å². The zero-order chi connectivity index (χ0) is 8.89. The maximum absolute atomic E-state index is 9.24. The van der Waals surface area contributed by atoms with Crippen LogP contribution in [-0.4, -0.2) is 30.7 Å². The lowest BCUT2D eigenvalue weighted by molar-refractivity contribution is -0.177. The van der Waals surface area contributed by atoms with Crippen LogP contribution < -0.4 is 0 Å². The fraction of sp³-hybridized carbons (Fsp3) is 0.800. The summed E-state index contributed by atoms with van der Waals surface area (Å²) in [5.74, 6) is 0.712. The van der Waals surface area contributed by atoms with Gasteiger partial charge in [-0.2, -0.15) is 0 Å². The minimum atomic E-state index is -0.368. The average Bonchev–Trinajstić information content (AvgIpc) is 2.79. The van der Waals surface area contributed by atoms with E-state index in [9.17, 15) is 5.11 Å². The summed E-state index contributed by atoms with van der Waals surface area (Å²) in [6, 6.07) is 0. The minimum absolute atomic E-state index is 0.247. The lowest BCUT2D eigenvalue weighted by atomic mass is 9.96. The predicted octanol–water partition coefficient (Wildman–Crippen LogP) is 0.544. The van der Waals surface area contributed by atoms with Crippen LogP contribution in [0.2, 0.25) is 0 Å². The number of ether oxygens (including phenoxy) is 2. The normalized spacial score (nSPS) is 45.2. The molecule has 3 rings (SSSR count). The number of aliphatic hydroxyl groups is 1. The van der Waals surface area contributed by atoms with Crippen LogP contribution in [0.4, 0.5) is 0 Å². The third-order valence-electron chi connectivity index (χ3n) is 3.59. The molecule has 72 valence electrons. The highest BCUT2D eigenvalue weighted by molar-refractivity contribution is 5.18. The van der Waals surface area contributed by atoms with Gasteiger partial charge in [-0.25, -0.2) is 0 Å². The second-order valence-electron chi connectivity index (χ2n) is 4.13. The molecule has 0 radical (unpaired) electrons. The van der Waals surface area contributed by atoms with Crippen molar-refractivity contribution in [2.75, 3.05) is 19.8 Å². The van der Waals surface area contributed by atoms with E-state index in [1.54, 1.807) is 0 Å². The van der Waals surface area contributed by atoms with E-state index in [1.807, 2.05) is 0 Å². The quantitative estimate of drug-likeness (QED) is 0.602. The number of fused-ring (bicyclic) bond motifs is 3. The van der Waals surface area contributed by atoms with Gasteiger partial charge in [0, 0.05) is 18.9 Å². The third kappa shape index (κ3) is 0.897. The SMILES string of the molecule is OC[C@@H]1[C@@H]2C=C[C@H]1C1(C2)OCCO1. The summed E-state index contributed by atoms with van der Waals surface area (Å²) in [7, 11) is 0. The first kappa shape index (κ1) is 7.97. The van der Waals surface area contributed by atoms with E-state index < -0.39 is 0 Å². The molecule has 1 spiro atoms. The summed E-state index contributed by atoms with van der Waals surface area (Å²) in [6.07, 6.45) is 5.28.